The maximum atomic E-state index is 12.2. The van der Waals surface area contributed by atoms with E-state index in [4.69, 9.17) is 9.47 Å². The van der Waals surface area contributed by atoms with Gasteiger partial charge < -0.3 is 20.1 Å². The molecule has 3 aliphatic heterocycles. The number of carbonyl (C=O) groups is 2. The highest BCUT2D eigenvalue weighted by atomic mass is 16.6. The summed E-state index contributed by atoms with van der Waals surface area (Å²) in [5.74, 6) is 1.03. The Morgan fingerprint density at radius 2 is 2.08 bits per heavy atom. The van der Waals surface area contributed by atoms with Gasteiger partial charge in [0, 0.05) is 32.7 Å². The first-order valence-corrected chi connectivity index (χ1v) is 8.04. The summed E-state index contributed by atoms with van der Waals surface area (Å²) in [6.07, 6.45) is -0.593. The molecule has 0 aromatic carbocycles. The van der Waals surface area contributed by atoms with Crippen molar-refractivity contribution in [3.63, 3.8) is 0 Å². The van der Waals surface area contributed by atoms with Crippen molar-refractivity contribution in [3.05, 3.63) is 12.1 Å². The van der Waals surface area contributed by atoms with Gasteiger partial charge in [-0.2, -0.15) is 0 Å². The van der Waals surface area contributed by atoms with Gasteiger partial charge in [-0.05, 0) is 12.1 Å². The summed E-state index contributed by atoms with van der Waals surface area (Å²) in [6.45, 7) is 4.96. The molecule has 9 nitrogen and oxygen atoms in total. The predicted molar refractivity (Wildman–Crippen MR) is 85.3 cm³/mol. The second kappa shape index (κ2) is 6.25. The number of anilines is 2. The van der Waals surface area contributed by atoms with Crippen molar-refractivity contribution in [1.82, 2.24) is 15.2 Å². The number of hydrogen-bond donors (Lipinski definition) is 2. The van der Waals surface area contributed by atoms with E-state index in [9.17, 15) is 9.59 Å². The molecule has 2 N–H and O–H groups in total. The fraction of sp³-hybridized carbons (Fsp3) is 0.533. The molecule has 2 amide bonds. The molecule has 0 bridgehead atoms. The molecule has 4 heterocycles. The Morgan fingerprint density at radius 3 is 2.92 bits per heavy atom. The fourth-order valence-electron chi connectivity index (χ4n) is 3.09. The SMILES string of the molecule is O=C1COc2ccc(N3CC(CN4CCNCC4)OC3=O)nc2N1. The van der Waals surface area contributed by atoms with Gasteiger partial charge >= 0.3 is 6.09 Å². The van der Waals surface area contributed by atoms with E-state index in [0.29, 0.717) is 30.5 Å². The molecule has 9 heteroatoms. The van der Waals surface area contributed by atoms with Crippen LogP contribution in [0, 0.1) is 0 Å². The number of nitrogens with one attached hydrogen (secondary N) is 2. The molecule has 1 aromatic rings. The lowest BCUT2D eigenvalue weighted by atomic mass is 10.2. The largest absolute Gasteiger partial charge is 0.480 e. The van der Waals surface area contributed by atoms with Gasteiger partial charge in [-0.25, -0.2) is 9.78 Å². The molecule has 0 aliphatic carbocycles. The van der Waals surface area contributed by atoms with E-state index in [1.165, 1.54) is 4.90 Å². The van der Waals surface area contributed by atoms with E-state index in [2.05, 4.69) is 20.5 Å². The molecule has 1 aromatic heterocycles. The van der Waals surface area contributed by atoms with E-state index >= 15 is 0 Å². The van der Waals surface area contributed by atoms with E-state index in [-0.39, 0.29) is 18.6 Å². The van der Waals surface area contributed by atoms with Gasteiger partial charge in [0.15, 0.2) is 18.2 Å². The zero-order valence-corrected chi connectivity index (χ0v) is 13.2. The van der Waals surface area contributed by atoms with Crippen molar-refractivity contribution in [2.45, 2.75) is 6.10 Å². The van der Waals surface area contributed by atoms with Gasteiger partial charge in [-0.3, -0.25) is 14.6 Å². The molecular weight excluding hydrogens is 314 g/mol. The number of aromatic nitrogens is 1. The zero-order chi connectivity index (χ0) is 16.5. The third-order valence-corrected chi connectivity index (χ3v) is 4.28. The summed E-state index contributed by atoms with van der Waals surface area (Å²) in [5.41, 5.74) is 0. The molecule has 0 spiro atoms. The molecule has 2 saturated heterocycles. The van der Waals surface area contributed by atoms with Gasteiger partial charge in [0.1, 0.15) is 11.9 Å². The second-order valence-corrected chi connectivity index (χ2v) is 6.02. The Balaban J connectivity index is 1.45. The first-order valence-electron chi connectivity index (χ1n) is 8.04. The van der Waals surface area contributed by atoms with Crippen LogP contribution in [-0.4, -0.2) is 73.9 Å². The first-order chi connectivity index (χ1) is 11.7. The van der Waals surface area contributed by atoms with Crippen molar-refractivity contribution in [3.8, 4) is 5.75 Å². The highest BCUT2D eigenvalue weighted by molar-refractivity contribution is 5.95. The number of nitrogens with zero attached hydrogens (tertiary/aromatic N) is 3. The van der Waals surface area contributed by atoms with Crippen LogP contribution in [0.25, 0.3) is 0 Å². The van der Waals surface area contributed by atoms with E-state index in [1.807, 2.05) is 0 Å². The highest BCUT2D eigenvalue weighted by Gasteiger charge is 2.35. The minimum absolute atomic E-state index is 0.0213. The van der Waals surface area contributed by atoms with Crippen LogP contribution >= 0.6 is 0 Å². The lowest BCUT2D eigenvalue weighted by Gasteiger charge is -2.28. The van der Waals surface area contributed by atoms with Crippen molar-refractivity contribution in [2.24, 2.45) is 0 Å². The normalized spacial score (nSPS) is 24.2. The maximum Gasteiger partial charge on any atom is 0.416 e. The number of amides is 2. The number of rotatable bonds is 3. The molecule has 0 saturated carbocycles. The van der Waals surface area contributed by atoms with E-state index in [1.54, 1.807) is 12.1 Å². The Morgan fingerprint density at radius 1 is 1.25 bits per heavy atom. The molecule has 3 aliphatic rings. The highest BCUT2D eigenvalue weighted by Crippen LogP contribution is 2.30. The number of hydrogen-bond acceptors (Lipinski definition) is 7. The molecule has 0 radical (unpaired) electrons. The molecule has 128 valence electrons. The minimum Gasteiger partial charge on any atom is -0.480 e. The van der Waals surface area contributed by atoms with Gasteiger partial charge in [0.2, 0.25) is 0 Å². The Kier molecular flexibility index (Phi) is 3.95. The molecule has 1 atom stereocenters. The maximum absolute atomic E-state index is 12.2. The molecular formula is C15H19N5O4. The van der Waals surface area contributed by atoms with E-state index in [0.717, 1.165) is 26.2 Å². The first kappa shape index (κ1) is 15.2. The van der Waals surface area contributed by atoms with Crippen LogP contribution in [0.1, 0.15) is 0 Å². The molecule has 24 heavy (non-hydrogen) atoms. The Labute approximate surface area is 138 Å². The summed E-state index contributed by atoms with van der Waals surface area (Å²) in [7, 11) is 0. The van der Waals surface area contributed by atoms with Crippen LogP contribution < -0.4 is 20.3 Å². The Bertz CT molecular complexity index is 661. The number of fused-ring (bicyclic) bond motifs is 1. The van der Waals surface area contributed by atoms with Crippen LogP contribution in [-0.2, 0) is 9.53 Å². The fourth-order valence-corrected chi connectivity index (χ4v) is 3.09. The number of cyclic esters (lactones) is 1. The summed E-state index contributed by atoms with van der Waals surface area (Å²) >= 11 is 0. The van der Waals surface area contributed by atoms with Gasteiger partial charge in [-0.15, -0.1) is 0 Å². The monoisotopic (exact) mass is 333 g/mol. The Hall–Kier alpha value is -2.39. The minimum atomic E-state index is -0.411. The van der Waals surface area contributed by atoms with Crippen molar-refractivity contribution in [2.75, 3.05) is 56.1 Å². The summed E-state index contributed by atoms with van der Waals surface area (Å²) in [5, 5.41) is 5.95. The zero-order valence-electron chi connectivity index (χ0n) is 13.2. The average molecular weight is 333 g/mol. The van der Waals surface area contributed by atoms with Crippen LogP contribution in [0.4, 0.5) is 16.4 Å². The van der Waals surface area contributed by atoms with Crippen molar-refractivity contribution < 1.29 is 19.1 Å². The molecule has 2 fully saturated rings. The van der Waals surface area contributed by atoms with Crippen LogP contribution in [0.3, 0.4) is 0 Å². The van der Waals surface area contributed by atoms with Crippen LogP contribution in [0.2, 0.25) is 0 Å². The van der Waals surface area contributed by atoms with E-state index < -0.39 is 6.09 Å². The van der Waals surface area contributed by atoms with Gasteiger partial charge in [-0.1, -0.05) is 0 Å². The third kappa shape index (κ3) is 3.00. The summed E-state index contributed by atoms with van der Waals surface area (Å²) < 4.78 is 10.7. The number of pyridine rings is 1. The van der Waals surface area contributed by atoms with Crippen LogP contribution in [0.5, 0.6) is 5.75 Å². The number of ether oxygens (including phenoxy) is 2. The third-order valence-electron chi connectivity index (χ3n) is 4.28. The number of carbonyl (C=O) groups excluding carboxylic acids is 2. The lowest BCUT2D eigenvalue weighted by Crippen LogP contribution is -2.46. The average Bonchev–Trinajstić information content (AvgIpc) is 2.95. The van der Waals surface area contributed by atoms with Crippen molar-refractivity contribution >= 4 is 23.6 Å². The smallest absolute Gasteiger partial charge is 0.416 e. The summed E-state index contributed by atoms with van der Waals surface area (Å²) in [4.78, 5) is 31.7. The molecule has 1 unspecified atom stereocenters. The number of piperazine rings is 1. The van der Waals surface area contributed by atoms with Crippen LogP contribution in [0.15, 0.2) is 12.1 Å². The predicted octanol–water partition coefficient (Wildman–Crippen LogP) is -0.357. The molecule has 4 rings (SSSR count). The standard InChI is InChI=1S/C15H19N5O4/c21-13-9-23-11-1-2-12(17-14(11)18-13)20-8-10(24-15(20)22)7-19-5-3-16-4-6-19/h1-2,10,16H,3-9H2,(H,17,18,21). The topological polar surface area (TPSA) is 96.0 Å². The second-order valence-electron chi connectivity index (χ2n) is 6.02. The van der Waals surface area contributed by atoms with Crippen molar-refractivity contribution in [1.29, 1.82) is 0 Å². The van der Waals surface area contributed by atoms with Gasteiger partial charge in [0.05, 0.1) is 6.54 Å². The quantitative estimate of drug-likeness (QED) is 0.780. The van der Waals surface area contributed by atoms with Gasteiger partial charge in [0.25, 0.3) is 5.91 Å². The summed E-state index contributed by atoms with van der Waals surface area (Å²) in [6, 6.07) is 3.40. The lowest BCUT2D eigenvalue weighted by molar-refractivity contribution is -0.118.